The van der Waals surface area contributed by atoms with Crippen molar-refractivity contribution in [2.75, 3.05) is 23.4 Å². The average Bonchev–Trinajstić information content (AvgIpc) is 3.09. The molecule has 170 valence electrons. The second-order valence-electron chi connectivity index (χ2n) is 8.01. The molecule has 1 fully saturated rings. The number of nitrogens with one attached hydrogen (secondary N) is 1. The first kappa shape index (κ1) is 22.0. The molecule has 32 heavy (non-hydrogen) atoms. The molecule has 0 saturated carbocycles. The number of nitrogens with zero attached hydrogens (tertiary/aromatic N) is 4. The number of hydrogen-bond acceptors (Lipinski definition) is 7. The fourth-order valence-electron chi connectivity index (χ4n) is 3.82. The topological polar surface area (TPSA) is 123 Å². The van der Waals surface area contributed by atoms with Crippen LogP contribution in [0.5, 0.6) is 0 Å². The highest BCUT2D eigenvalue weighted by Crippen LogP contribution is 2.35. The van der Waals surface area contributed by atoms with E-state index in [1.54, 1.807) is 23.0 Å². The Hall–Kier alpha value is -3.21. The summed E-state index contributed by atoms with van der Waals surface area (Å²) in [6.07, 6.45) is 5.01. The number of esters is 1. The van der Waals surface area contributed by atoms with Gasteiger partial charge in [0.05, 0.1) is 17.4 Å². The van der Waals surface area contributed by atoms with Gasteiger partial charge in [-0.25, -0.2) is 9.48 Å². The lowest BCUT2D eigenvalue weighted by Crippen LogP contribution is -2.35. The number of amides is 1. The van der Waals surface area contributed by atoms with Gasteiger partial charge in [-0.15, -0.1) is 4.40 Å². The summed E-state index contributed by atoms with van der Waals surface area (Å²) in [5.74, 6) is -0.277. The summed E-state index contributed by atoms with van der Waals surface area (Å²) in [4.78, 5) is 26.6. The monoisotopic (exact) mass is 459 g/mol. The predicted molar refractivity (Wildman–Crippen MR) is 118 cm³/mol. The number of anilines is 2. The normalized spacial score (nSPS) is 17.1. The molecule has 1 saturated heterocycles. The van der Waals surface area contributed by atoms with E-state index >= 15 is 0 Å². The molecule has 2 aliphatic heterocycles. The molecule has 4 rings (SSSR count). The van der Waals surface area contributed by atoms with Gasteiger partial charge in [0.2, 0.25) is 0 Å². The minimum absolute atomic E-state index is 0.0251. The maximum atomic E-state index is 12.7. The van der Waals surface area contributed by atoms with E-state index in [1.165, 1.54) is 12.1 Å². The Labute approximate surface area is 186 Å². The molecule has 1 aromatic heterocycles. The SMILES string of the molecule is CC(C)n1nccc1NC(=O)COC(=O)c1ccc2c(c1)S(=O)(=O)N=C1CCCCCN12. The molecule has 1 N–H and O–H groups in total. The van der Waals surface area contributed by atoms with Gasteiger partial charge < -0.3 is 15.0 Å². The van der Waals surface area contributed by atoms with Crippen LogP contribution in [0.2, 0.25) is 0 Å². The maximum Gasteiger partial charge on any atom is 0.338 e. The summed E-state index contributed by atoms with van der Waals surface area (Å²) < 4.78 is 36.1. The number of benzene rings is 1. The highest BCUT2D eigenvalue weighted by atomic mass is 32.2. The van der Waals surface area contributed by atoms with Gasteiger partial charge in [-0.2, -0.15) is 13.5 Å². The lowest BCUT2D eigenvalue weighted by atomic mass is 10.2. The van der Waals surface area contributed by atoms with E-state index in [9.17, 15) is 18.0 Å². The highest BCUT2D eigenvalue weighted by Gasteiger charge is 2.32. The van der Waals surface area contributed by atoms with Gasteiger partial charge in [0.15, 0.2) is 6.61 Å². The van der Waals surface area contributed by atoms with Gasteiger partial charge in [-0.1, -0.05) is 6.42 Å². The third kappa shape index (κ3) is 4.38. The molecule has 0 aliphatic carbocycles. The van der Waals surface area contributed by atoms with Crippen molar-refractivity contribution in [1.29, 1.82) is 0 Å². The van der Waals surface area contributed by atoms with E-state index in [1.807, 2.05) is 18.7 Å². The van der Waals surface area contributed by atoms with Crippen LogP contribution in [-0.2, 0) is 19.6 Å². The van der Waals surface area contributed by atoms with E-state index in [0.29, 0.717) is 30.3 Å². The minimum atomic E-state index is -3.91. The van der Waals surface area contributed by atoms with Gasteiger partial charge in [0.25, 0.3) is 15.9 Å². The number of fused-ring (bicyclic) bond motifs is 3. The fraction of sp³-hybridized carbons (Fsp3) is 0.429. The Balaban J connectivity index is 1.47. The third-order valence-corrected chi connectivity index (χ3v) is 6.68. The van der Waals surface area contributed by atoms with Crippen molar-refractivity contribution in [1.82, 2.24) is 9.78 Å². The smallest absolute Gasteiger partial charge is 0.338 e. The Morgan fingerprint density at radius 3 is 2.78 bits per heavy atom. The first-order valence-corrected chi connectivity index (χ1v) is 12.0. The van der Waals surface area contributed by atoms with Crippen LogP contribution in [0.4, 0.5) is 11.5 Å². The van der Waals surface area contributed by atoms with Crippen LogP contribution in [-0.4, -0.2) is 49.1 Å². The molecule has 0 atom stereocenters. The van der Waals surface area contributed by atoms with Gasteiger partial charge in [0, 0.05) is 25.1 Å². The molecular formula is C21H25N5O5S. The second kappa shape index (κ2) is 8.73. The van der Waals surface area contributed by atoms with E-state index < -0.39 is 28.5 Å². The molecule has 1 amide bonds. The van der Waals surface area contributed by atoms with Gasteiger partial charge in [-0.3, -0.25) is 4.79 Å². The summed E-state index contributed by atoms with van der Waals surface area (Å²) in [5.41, 5.74) is 0.564. The molecule has 0 bridgehead atoms. The molecule has 2 aromatic rings. The molecule has 0 unspecified atom stereocenters. The number of amidine groups is 1. The van der Waals surface area contributed by atoms with Crippen molar-refractivity contribution in [3.63, 3.8) is 0 Å². The van der Waals surface area contributed by atoms with Gasteiger partial charge in [-0.05, 0) is 44.9 Å². The zero-order chi connectivity index (χ0) is 22.9. The third-order valence-electron chi connectivity index (χ3n) is 5.34. The number of rotatable bonds is 5. The van der Waals surface area contributed by atoms with E-state index in [4.69, 9.17) is 4.74 Å². The zero-order valence-electron chi connectivity index (χ0n) is 17.9. The number of sulfonamides is 1. The van der Waals surface area contributed by atoms with Crippen LogP contribution in [0, 0.1) is 0 Å². The predicted octanol–water partition coefficient (Wildman–Crippen LogP) is 2.74. The van der Waals surface area contributed by atoms with Crippen molar-refractivity contribution in [3.05, 3.63) is 36.0 Å². The molecule has 11 heteroatoms. The number of hydrogen-bond donors (Lipinski definition) is 1. The first-order valence-electron chi connectivity index (χ1n) is 10.5. The molecule has 1 aromatic carbocycles. The molecule has 2 aliphatic rings. The first-order chi connectivity index (χ1) is 15.3. The summed E-state index contributed by atoms with van der Waals surface area (Å²) >= 11 is 0. The number of carbonyl (C=O) groups excluding carboxylic acids is 2. The standard InChI is InChI=1S/C21H25N5O5S/c1-14(2)26-18(9-10-22-26)23-20(27)13-31-21(28)15-7-8-16-17(12-15)32(29,30)24-19-6-4-3-5-11-25(16)19/h7-10,12,14H,3-6,11,13H2,1-2H3,(H,23,27). The quantitative estimate of drug-likeness (QED) is 0.682. The van der Waals surface area contributed by atoms with Crippen molar-refractivity contribution < 1.29 is 22.7 Å². The lowest BCUT2D eigenvalue weighted by molar-refractivity contribution is -0.119. The van der Waals surface area contributed by atoms with E-state index in [0.717, 1.165) is 19.3 Å². The average molecular weight is 460 g/mol. The van der Waals surface area contributed by atoms with Gasteiger partial charge in [0.1, 0.15) is 16.5 Å². The summed E-state index contributed by atoms with van der Waals surface area (Å²) in [7, 11) is -3.91. The number of ether oxygens (including phenoxy) is 1. The lowest BCUT2D eigenvalue weighted by Gasteiger charge is -2.29. The molecule has 0 spiro atoms. The summed E-state index contributed by atoms with van der Waals surface area (Å²) in [6, 6.07) is 6.07. The maximum absolute atomic E-state index is 12.7. The van der Waals surface area contributed by atoms with Crippen molar-refractivity contribution in [3.8, 4) is 0 Å². The largest absolute Gasteiger partial charge is 0.452 e. The van der Waals surface area contributed by atoms with Crippen molar-refractivity contribution in [2.24, 2.45) is 4.40 Å². The van der Waals surface area contributed by atoms with E-state index in [-0.39, 0.29) is 16.5 Å². The highest BCUT2D eigenvalue weighted by molar-refractivity contribution is 7.90. The number of aromatic nitrogens is 2. The Morgan fingerprint density at radius 1 is 1.19 bits per heavy atom. The molecule has 10 nitrogen and oxygen atoms in total. The minimum Gasteiger partial charge on any atom is -0.452 e. The Morgan fingerprint density at radius 2 is 2.00 bits per heavy atom. The molecule has 0 radical (unpaired) electrons. The summed E-state index contributed by atoms with van der Waals surface area (Å²) in [6.45, 7) is 4.01. The van der Waals surface area contributed by atoms with Crippen LogP contribution in [0.15, 0.2) is 39.8 Å². The van der Waals surface area contributed by atoms with Crippen LogP contribution >= 0.6 is 0 Å². The van der Waals surface area contributed by atoms with Crippen LogP contribution in [0.3, 0.4) is 0 Å². The zero-order valence-corrected chi connectivity index (χ0v) is 18.8. The molecule has 3 heterocycles. The van der Waals surface area contributed by atoms with Gasteiger partial charge >= 0.3 is 5.97 Å². The van der Waals surface area contributed by atoms with Crippen LogP contribution < -0.4 is 10.2 Å². The van der Waals surface area contributed by atoms with Crippen LogP contribution in [0.1, 0.15) is 55.9 Å². The second-order valence-corrected chi connectivity index (χ2v) is 9.58. The van der Waals surface area contributed by atoms with Crippen molar-refractivity contribution >= 4 is 39.2 Å². The summed E-state index contributed by atoms with van der Waals surface area (Å²) in [5, 5.41) is 6.77. The fourth-order valence-corrected chi connectivity index (χ4v) is 5.11. The Kier molecular flexibility index (Phi) is 6.00. The van der Waals surface area contributed by atoms with E-state index in [2.05, 4.69) is 14.8 Å². The Bertz CT molecular complexity index is 1180. The van der Waals surface area contributed by atoms with Crippen molar-refractivity contribution in [2.45, 2.75) is 50.5 Å². The molecular weight excluding hydrogens is 434 g/mol. The number of carbonyl (C=O) groups is 2. The van der Waals surface area contributed by atoms with Crippen LogP contribution in [0.25, 0.3) is 0 Å².